The van der Waals surface area contributed by atoms with Gasteiger partial charge in [-0.15, -0.1) is 0 Å². The first kappa shape index (κ1) is 18.3. The summed E-state index contributed by atoms with van der Waals surface area (Å²) in [6.07, 6.45) is 0.975. The third-order valence-corrected chi connectivity index (χ3v) is 4.80. The van der Waals surface area contributed by atoms with Gasteiger partial charge in [0.2, 0.25) is 11.8 Å². The molecule has 4 unspecified atom stereocenters. The van der Waals surface area contributed by atoms with E-state index in [9.17, 15) is 14.7 Å². The van der Waals surface area contributed by atoms with Crippen LogP contribution in [-0.2, 0) is 9.59 Å². The predicted molar refractivity (Wildman–Crippen MR) is 86.2 cm³/mol. The van der Waals surface area contributed by atoms with Crippen LogP contribution in [-0.4, -0.2) is 40.4 Å². The van der Waals surface area contributed by atoms with Crippen LogP contribution in [0.2, 0.25) is 0 Å². The standard InChI is InChI=1S/C15H28N2O3S/c1-5-13(19)16-8-15(3,4)17-14(20)10-7-12(21)9(2)6-11(10)18/h9-12,18,21H,5-8H2,1-4H3,(H,16,19)(H,17,20). The van der Waals surface area contributed by atoms with Gasteiger partial charge in [0.15, 0.2) is 0 Å². The number of carbonyl (C=O) groups excluding carboxylic acids is 2. The summed E-state index contributed by atoms with van der Waals surface area (Å²) in [6, 6.07) is 0. The summed E-state index contributed by atoms with van der Waals surface area (Å²) in [5.74, 6) is -0.322. The van der Waals surface area contributed by atoms with Gasteiger partial charge in [0.25, 0.3) is 0 Å². The van der Waals surface area contributed by atoms with Crippen LogP contribution < -0.4 is 10.6 Å². The first-order valence-electron chi connectivity index (χ1n) is 7.61. The SMILES string of the molecule is CCC(=O)NCC(C)(C)NC(=O)C1CC(S)C(C)CC1O. The topological polar surface area (TPSA) is 78.4 Å². The number of rotatable bonds is 5. The second-order valence-corrected chi connectivity index (χ2v) is 7.36. The van der Waals surface area contributed by atoms with Crippen LogP contribution in [0.4, 0.5) is 0 Å². The van der Waals surface area contributed by atoms with E-state index in [0.29, 0.717) is 31.7 Å². The Hall–Kier alpha value is -0.750. The molecule has 4 atom stereocenters. The van der Waals surface area contributed by atoms with E-state index in [1.165, 1.54) is 0 Å². The monoisotopic (exact) mass is 316 g/mol. The molecule has 0 radical (unpaired) electrons. The van der Waals surface area contributed by atoms with E-state index in [4.69, 9.17) is 0 Å². The van der Waals surface area contributed by atoms with Crippen molar-refractivity contribution in [2.24, 2.45) is 11.8 Å². The fourth-order valence-corrected chi connectivity index (χ4v) is 2.90. The minimum atomic E-state index is -0.621. The Kier molecular flexibility index (Phi) is 6.53. The van der Waals surface area contributed by atoms with Crippen molar-refractivity contribution in [3.8, 4) is 0 Å². The summed E-state index contributed by atoms with van der Waals surface area (Å²) in [5.41, 5.74) is -0.545. The van der Waals surface area contributed by atoms with Gasteiger partial charge in [0.05, 0.1) is 17.6 Å². The fraction of sp³-hybridized carbons (Fsp3) is 0.867. The number of nitrogens with one attached hydrogen (secondary N) is 2. The lowest BCUT2D eigenvalue weighted by Gasteiger charge is -2.37. The van der Waals surface area contributed by atoms with Crippen LogP contribution in [0.25, 0.3) is 0 Å². The molecule has 0 aromatic heterocycles. The quantitative estimate of drug-likeness (QED) is 0.574. The maximum Gasteiger partial charge on any atom is 0.226 e. The normalized spacial score (nSPS) is 29.8. The van der Waals surface area contributed by atoms with E-state index in [1.54, 1.807) is 6.92 Å². The van der Waals surface area contributed by atoms with Gasteiger partial charge >= 0.3 is 0 Å². The van der Waals surface area contributed by atoms with Gasteiger partial charge in [-0.3, -0.25) is 9.59 Å². The molecule has 1 aliphatic rings. The minimum Gasteiger partial charge on any atom is -0.392 e. The lowest BCUT2D eigenvalue weighted by Crippen LogP contribution is -2.55. The zero-order chi connectivity index (χ0) is 16.2. The number of carbonyl (C=O) groups is 2. The molecule has 0 spiro atoms. The third kappa shape index (κ3) is 5.51. The van der Waals surface area contributed by atoms with Crippen molar-refractivity contribution in [1.82, 2.24) is 10.6 Å². The zero-order valence-electron chi connectivity index (χ0n) is 13.3. The van der Waals surface area contributed by atoms with E-state index < -0.39 is 17.6 Å². The van der Waals surface area contributed by atoms with Crippen molar-refractivity contribution < 1.29 is 14.7 Å². The molecular formula is C15H28N2O3S. The molecule has 1 aliphatic carbocycles. The second-order valence-electron chi connectivity index (χ2n) is 6.69. The van der Waals surface area contributed by atoms with Crippen molar-refractivity contribution in [2.75, 3.05) is 6.54 Å². The molecule has 0 bridgehead atoms. The number of hydrogen-bond donors (Lipinski definition) is 4. The molecule has 0 saturated heterocycles. The Morgan fingerprint density at radius 2 is 1.95 bits per heavy atom. The van der Waals surface area contributed by atoms with Crippen LogP contribution >= 0.6 is 12.6 Å². The maximum atomic E-state index is 12.4. The number of aliphatic hydroxyl groups is 1. The van der Waals surface area contributed by atoms with Crippen LogP contribution in [0.3, 0.4) is 0 Å². The first-order valence-corrected chi connectivity index (χ1v) is 8.12. The molecular weight excluding hydrogens is 288 g/mol. The minimum absolute atomic E-state index is 0.0423. The number of thiol groups is 1. The zero-order valence-corrected chi connectivity index (χ0v) is 14.2. The number of amides is 2. The van der Waals surface area contributed by atoms with E-state index in [0.717, 1.165) is 0 Å². The van der Waals surface area contributed by atoms with Gasteiger partial charge in [-0.25, -0.2) is 0 Å². The Balaban J connectivity index is 2.56. The van der Waals surface area contributed by atoms with Gasteiger partial charge in [-0.2, -0.15) is 12.6 Å². The third-order valence-electron chi connectivity index (χ3n) is 4.08. The van der Waals surface area contributed by atoms with Gasteiger partial charge in [-0.1, -0.05) is 13.8 Å². The smallest absolute Gasteiger partial charge is 0.226 e. The van der Waals surface area contributed by atoms with Crippen LogP contribution in [0.1, 0.15) is 47.0 Å². The molecule has 21 heavy (non-hydrogen) atoms. The molecule has 5 nitrogen and oxygen atoms in total. The van der Waals surface area contributed by atoms with Gasteiger partial charge in [0, 0.05) is 18.2 Å². The van der Waals surface area contributed by atoms with Crippen LogP contribution in [0.5, 0.6) is 0 Å². The summed E-state index contributed by atoms with van der Waals surface area (Å²) in [5, 5.41) is 15.9. The summed E-state index contributed by atoms with van der Waals surface area (Å²) in [6.45, 7) is 7.91. The average molecular weight is 316 g/mol. The average Bonchev–Trinajstić information content (AvgIpc) is 2.39. The van der Waals surface area contributed by atoms with Crippen molar-refractivity contribution in [3.63, 3.8) is 0 Å². The maximum absolute atomic E-state index is 12.4. The predicted octanol–water partition coefficient (Wildman–Crippen LogP) is 1.11. The fourth-order valence-electron chi connectivity index (χ4n) is 2.55. The summed E-state index contributed by atoms with van der Waals surface area (Å²) < 4.78 is 0. The van der Waals surface area contributed by atoms with Crippen molar-refractivity contribution in [3.05, 3.63) is 0 Å². The lowest BCUT2D eigenvalue weighted by atomic mass is 9.79. The Bertz CT molecular complexity index is 387. The van der Waals surface area contributed by atoms with Crippen molar-refractivity contribution in [2.45, 2.75) is 63.9 Å². The molecule has 1 rings (SSSR count). The van der Waals surface area contributed by atoms with Crippen molar-refractivity contribution >= 4 is 24.4 Å². The molecule has 0 aromatic carbocycles. The molecule has 122 valence electrons. The van der Waals surface area contributed by atoms with E-state index in [-0.39, 0.29) is 17.1 Å². The summed E-state index contributed by atoms with van der Waals surface area (Å²) in [4.78, 5) is 23.7. The van der Waals surface area contributed by atoms with Crippen LogP contribution in [0, 0.1) is 11.8 Å². The second kappa shape index (κ2) is 7.49. The van der Waals surface area contributed by atoms with Crippen molar-refractivity contribution in [1.29, 1.82) is 0 Å². The molecule has 2 amide bonds. The summed E-state index contributed by atoms with van der Waals surface area (Å²) in [7, 11) is 0. The molecule has 3 N–H and O–H groups in total. The Morgan fingerprint density at radius 3 is 2.52 bits per heavy atom. The highest BCUT2D eigenvalue weighted by Crippen LogP contribution is 2.32. The molecule has 0 heterocycles. The first-order chi connectivity index (χ1) is 9.66. The molecule has 1 fully saturated rings. The van der Waals surface area contributed by atoms with Gasteiger partial charge < -0.3 is 15.7 Å². The Morgan fingerprint density at radius 1 is 1.33 bits per heavy atom. The number of hydrogen-bond acceptors (Lipinski definition) is 4. The highest BCUT2D eigenvalue weighted by molar-refractivity contribution is 7.81. The van der Waals surface area contributed by atoms with Gasteiger partial charge in [-0.05, 0) is 32.6 Å². The van der Waals surface area contributed by atoms with E-state index in [1.807, 2.05) is 20.8 Å². The lowest BCUT2D eigenvalue weighted by molar-refractivity contribution is -0.132. The van der Waals surface area contributed by atoms with E-state index in [2.05, 4.69) is 23.3 Å². The van der Waals surface area contributed by atoms with E-state index >= 15 is 0 Å². The van der Waals surface area contributed by atoms with Gasteiger partial charge in [0.1, 0.15) is 0 Å². The molecule has 6 heteroatoms. The van der Waals surface area contributed by atoms with Crippen LogP contribution in [0.15, 0.2) is 0 Å². The molecule has 1 saturated carbocycles. The largest absolute Gasteiger partial charge is 0.392 e. The number of aliphatic hydroxyl groups excluding tert-OH is 1. The highest BCUT2D eigenvalue weighted by atomic mass is 32.1. The molecule has 0 aliphatic heterocycles. The summed E-state index contributed by atoms with van der Waals surface area (Å²) >= 11 is 4.49. The highest BCUT2D eigenvalue weighted by Gasteiger charge is 2.38. The molecule has 0 aromatic rings. The Labute approximate surface area is 132 Å².